The number of rotatable bonds is 3. The highest BCUT2D eigenvalue weighted by Crippen LogP contribution is 2.28. The van der Waals surface area contributed by atoms with Gasteiger partial charge in [0.25, 0.3) is 0 Å². The van der Waals surface area contributed by atoms with Crippen LogP contribution in [0.5, 0.6) is 0 Å². The molecule has 3 aromatic heterocycles. The third-order valence-corrected chi connectivity index (χ3v) is 5.16. The first-order chi connectivity index (χ1) is 11.2. The van der Waals surface area contributed by atoms with E-state index in [2.05, 4.69) is 33.8 Å². The molecule has 1 N–H and O–H groups in total. The number of nitrogens with zero attached hydrogens (tertiary/aromatic N) is 3. The second kappa shape index (κ2) is 5.79. The zero-order valence-corrected chi connectivity index (χ0v) is 13.7. The van der Waals surface area contributed by atoms with Crippen molar-refractivity contribution in [2.24, 2.45) is 0 Å². The first kappa shape index (κ1) is 14.4. The molecule has 0 aliphatic carbocycles. The topological polar surface area (TPSA) is 49.6 Å². The number of carbonyl (C=O) groups excluding carboxylic acids is 1. The van der Waals surface area contributed by atoms with Gasteiger partial charge in [0.15, 0.2) is 0 Å². The Labute approximate surface area is 138 Å². The number of piperazine rings is 1. The van der Waals surface area contributed by atoms with Crippen molar-refractivity contribution in [3.63, 3.8) is 0 Å². The summed E-state index contributed by atoms with van der Waals surface area (Å²) in [7, 11) is 0. The summed E-state index contributed by atoms with van der Waals surface area (Å²) in [4.78, 5) is 20.3. The molecule has 0 radical (unpaired) electrons. The van der Waals surface area contributed by atoms with Crippen LogP contribution < -0.4 is 5.32 Å². The van der Waals surface area contributed by atoms with Crippen LogP contribution >= 0.6 is 11.3 Å². The number of aryl methyl sites for hydroxylation is 1. The Balaban J connectivity index is 1.65. The van der Waals surface area contributed by atoms with Crippen LogP contribution in [0, 0.1) is 6.92 Å². The standard InChI is InChI=1S/C17H18N4OS/c1-12-4-2-6-15-19-13(11-21(12)15)10-20-8-7-18-17(22)16(20)14-5-3-9-23-14/h2-6,9,11,16H,7-8,10H2,1H3,(H,18,22). The lowest BCUT2D eigenvalue weighted by molar-refractivity contribution is -0.129. The molecule has 1 saturated heterocycles. The minimum absolute atomic E-state index is 0.0821. The molecule has 1 aliphatic heterocycles. The van der Waals surface area contributed by atoms with E-state index < -0.39 is 0 Å². The monoisotopic (exact) mass is 326 g/mol. The van der Waals surface area contributed by atoms with Crippen LogP contribution in [-0.4, -0.2) is 33.3 Å². The number of thiophene rings is 1. The van der Waals surface area contributed by atoms with Gasteiger partial charge in [-0.25, -0.2) is 4.98 Å². The van der Waals surface area contributed by atoms with E-state index in [4.69, 9.17) is 4.98 Å². The summed E-state index contributed by atoms with van der Waals surface area (Å²) in [6.45, 7) is 4.27. The summed E-state index contributed by atoms with van der Waals surface area (Å²) in [6.07, 6.45) is 2.07. The van der Waals surface area contributed by atoms with Crippen LogP contribution in [0.1, 0.15) is 22.3 Å². The number of imidazole rings is 1. The summed E-state index contributed by atoms with van der Waals surface area (Å²) in [5, 5.41) is 4.99. The normalized spacial score (nSPS) is 19.2. The quantitative estimate of drug-likeness (QED) is 0.804. The smallest absolute Gasteiger partial charge is 0.242 e. The number of aromatic nitrogens is 2. The fraction of sp³-hybridized carbons (Fsp3) is 0.294. The number of hydrogen-bond acceptors (Lipinski definition) is 4. The van der Waals surface area contributed by atoms with Gasteiger partial charge in [0.05, 0.1) is 5.69 Å². The highest BCUT2D eigenvalue weighted by Gasteiger charge is 2.32. The molecule has 0 spiro atoms. The van der Waals surface area contributed by atoms with E-state index >= 15 is 0 Å². The molecule has 0 aromatic carbocycles. The van der Waals surface area contributed by atoms with Crippen molar-refractivity contribution in [3.8, 4) is 0 Å². The molecule has 0 bridgehead atoms. The van der Waals surface area contributed by atoms with Crippen molar-refractivity contribution in [1.29, 1.82) is 0 Å². The van der Waals surface area contributed by atoms with Gasteiger partial charge in [0.2, 0.25) is 5.91 Å². The van der Waals surface area contributed by atoms with Gasteiger partial charge in [0.1, 0.15) is 11.7 Å². The zero-order valence-electron chi connectivity index (χ0n) is 12.9. The molecule has 1 fully saturated rings. The average Bonchev–Trinajstić information content (AvgIpc) is 3.17. The van der Waals surface area contributed by atoms with Gasteiger partial charge in [0, 0.05) is 36.4 Å². The van der Waals surface area contributed by atoms with E-state index in [1.165, 1.54) is 0 Å². The zero-order chi connectivity index (χ0) is 15.8. The average molecular weight is 326 g/mol. The maximum Gasteiger partial charge on any atom is 0.242 e. The molecule has 1 atom stereocenters. The summed E-state index contributed by atoms with van der Waals surface area (Å²) in [6, 6.07) is 9.91. The highest BCUT2D eigenvalue weighted by molar-refractivity contribution is 7.10. The van der Waals surface area contributed by atoms with Crippen LogP contribution in [0.4, 0.5) is 0 Å². The molecular weight excluding hydrogens is 308 g/mol. The summed E-state index contributed by atoms with van der Waals surface area (Å²) in [5.74, 6) is 0.0821. The number of pyridine rings is 1. The highest BCUT2D eigenvalue weighted by atomic mass is 32.1. The lowest BCUT2D eigenvalue weighted by atomic mass is 10.1. The second-order valence-electron chi connectivity index (χ2n) is 5.81. The maximum atomic E-state index is 12.3. The van der Waals surface area contributed by atoms with Gasteiger partial charge in [-0.3, -0.25) is 9.69 Å². The van der Waals surface area contributed by atoms with Crippen LogP contribution in [0.2, 0.25) is 0 Å². The lowest BCUT2D eigenvalue weighted by Crippen LogP contribution is -2.49. The molecule has 4 rings (SSSR count). The maximum absolute atomic E-state index is 12.3. The van der Waals surface area contributed by atoms with Gasteiger partial charge in [-0.1, -0.05) is 12.1 Å². The second-order valence-corrected chi connectivity index (χ2v) is 6.79. The number of nitrogens with one attached hydrogen (secondary N) is 1. The Kier molecular flexibility index (Phi) is 3.63. The first-order valence-electron chi connectivity index (χ1n) is 7.71. The summed E-state index contributed by atoms with van der Waals surface area (Å²) >= 11 is 1.63. The molecule has 1 aliphatic rings. The van der Waals surface area contributed by atoms with Crippen LogP contribution in [0.15, 0.2) is 41.9 Å². The van der Waals surface area contributed by atoms with E-state index in [0.29, 0.717) is 13.1 Å². The number of carbonyl (C=O) groups is 1. The minimum atomic E-state index is -0.213. The molecule has 118 valence electrons. The molecule has 6 heteroatoms. The molecule has 4 heterocycles. The number of amides is 1. The van der Waals surface area contributed by atoms with Crippen LogP contribution in [-0.2, 0) is 11.3 Å². The third-order valence-electron chi connectivity index (χ3n) is 4.24. The molecule has 3 aromatic rings. The largest absolute Gasteiger partial charge is 0.353 e. The Morgan fingerprint density at radius 1 is 1.35 bits per heavy atom. The summed E-state index contributed by atoms with van der Waals surface area (Å²) in [5.41, 5.74) is 3.11. The van der Waals surface area contributed by atoms with Crippen molar-refractivity contribution in [3.05, 3.63) is 58.2 Å². The molecule has 5 nitrogen and oxygen atoms in total. The predicted molar refractivity (Wildman–Crippen MR) is 90.4 cm³/mol. The number of hydrogen-bond donors (Lipinski definition) is 1. The SMILES string of the molecule is Cc1cccc2nc(CN3CCNC(=O)C3c3cccs3)cn12. The first-order valence-corrected chi connectivity index (χ1v) is 8.59. The van der Waals surface area contributed by atoms with Crippen LogP contribution in [0.25, 0.3) is 5.65 Å². The lowest BCUT2D eigenvalue weighted by Gasteiger charge is -2.33. The Hall–Kier alpha value is -2.18. The third kappa shape index (κ3) is 2.64. The van der Waals surface area contributed by atoms with Crippen molar-refractivity contribution in [2.45, 2.75) is 19.5 Å². The van der Waals surface area contributed by atoms with Crippen molar-refractivity contribution >= 4 is 22.9 Å². The molecule has 1 unspecified atom stereocenters. The fourth-order valence-corrected chi connectivity index (χ4v) is 3.98. The van der Waals surface area contributed by atoms with Gasteiger partial charge >= 0.3 is 0 Å². The van der Waals surface area contributed by atoms with E-state index in [1.807, 2.05) is 29.6 Å². The van der Waals surface area contributed by atoms with Gasteiger partial charge < -0.3 is 9.72 Å². The van der Waals surface area contributed by atoms with Gasteiger partial charge in [-0.05, 0) is 30.5 Å². The van der Waals surface area contributed by atoms with Crippen LogP contribution in [0.3, 0.4) is 0 Å². The van der Waals surface area contributed by atoms with Crippen molar-refractivity contribution in [2.75, 3.05) is 13.1 Å². The van der Waals surface area contributed by atoms with Gasteiger partial charge in [-0.15, -0.1) is 11.3 Å². The molecular formula is C17H18N4OS. The van der Waals surface area contributed by atoms with E-state index in [0.717, 1.165) is 28.5 Å². The Morgan fingerprint density at radius 3 is 3.04 bits per heavy atom. The number of fused-ring (bicyclic) bond motifs is 1. The minimum Gasteiger partial charge on any atom is -0.353 e. The van der Waals surface area contributed by atoms with E-state index in [9.17, 15) is 4.79 Å². The molecule has 0 saturated carbocycles. The summed E-state index contributed by atoms with van der Waals surface area (Å²) < 4.78 is 2.10. The molecule has 1 amide bonds. The Bertz CT molecular complexity index is 840. The fourth-order valence-electron chi connectivity index (χ4n) is 3.12. The van der Waals surface area contributed by atoms with Gasteiger partial charge in [-0.2, -0.15) is 0 Å². The van der Waals surface area contributed by atoms with E-state index in [1.54, 1.807) is 11.3 Å². The van der Waals surface area contributed by atoms with Crippen molar-refractivity contribution < 1.29 is 4.79 Å². The van der Waals surface area contributed by atoms with E-state index in [-0.39, 0.29) is 11.9 Å². The Morgan fingerprint density at radius 2 is 2.26 bits per heavy atom. The predicted octanol–water partition coefficient (Wildman–Crippen LogP) is 2.38. The van der Waals surface area contributed by atoms with Crippen molar-refractivity contribution in [1.82, 2.24) is 19.6 Å². The molecule has 23 heavy (non-hydrogen) atoms.